The molecule has 3 aliphatic rings. The van der Waals surface area contributed by atoms with Crippen LogP contribution in [-0.4, -0.2) is 45.3 Å². The molecule has 3 fully saturated rings. The van der Waals surface area contributed by atoms with Crippen molar-refractivity contribution in [3.05, 3.63) is 22.6 Å². The molecule has 1 aliphatic carbocycles. The summed E-state index contributed by atoms with van der Waals surface area (Å²) in [6.07, 6.45) is 8.70. The maximum atomic E-state index is 13.0. The number of hydrogen-bond donors (Lipinski definition) is 0. The molecule has 7 heteroatoms. The largest absolute Gasteiger partial charge is 0.356 e. The Hall–Kier alpha value is -1.47. The van der Waals surface area contributed by atoms with Crippen LogP contribution < -0.4 is 0 Å². The quantitative estimate of drug-likeness (QED) is 0.744. The van der Waals surface area contributed by atoms with Gasteiger partial charge in [0.05, 0.1) is 10.9 Å². The van der Waals surface area contributed by atoms with E-state index in [-0.39, 0.29) is 12.1 Å². The Labute approximate surface area is 161 Å². The first-order chi connectivity index (χ1) is 12.7. The molecule has 2 aliphatic heterocycles. The maximum absolute atomic E-state index is 13.0. The third kappa shape index (κ3) is 2.85. The van der Waals surface area contributed by atoms with E-state index in [0.29, 0.717) is 17.5 Å². The average Bonchev–Trinajstić information content (AvgIpc) is 3.20. The van der Waals surface area contributed by atoms with Crippen molar-refractivity contribution in [2.24, 2.45) is 11.8 Å². The highest BCUT2D eigenvalue weighted by atomic mass is 79.9. The van der Waals surface area contributed by atoms with E-state index < -0.39 is 0 Å². The first-order valence-electron chi connectivity index (χ1n) is 9.63. The van der Waals surface area contributed by atoms with E-state index in [1.54, 1.807) is 6.20 Å². The van der Waals surface area contributed by atoms with Gasteiger partial charge >= 0.3 is 0 Å². The van der Waals surface area contributed by atoms with Crippen LogP contribution in [0.4, 0.5) is 0 Å². The van der Waals surface area contributed by atoms with Crippen molar-refractivity contribution in [1.82, 2.24) is 19.7 Å². The monoisotopic (exact) mass is 418 g/mol. The van der Waals surface area contributed by atoms with E-state index in [9.17, 15) is 4.79 Å². The average molecular weight is 419 g/mol. The molecule has 6 nitrogen and oxygen atoms in total. The van der Waals surface area contributed by atoms with E-state index >= 15 is 0 Å². The molecule has 1 saturated carbocycles. The van der Waals surface area contributed by atoms with Crippen molar-refractivity contribution in [3.63, 3.8) is 0 Å². The molecule has 3 atom stereocenters. The minimum absolute atomic E-state index is 0.0527. The third-order valence-electron chi connectivity index (χ3n) is 6.09. The molecule has 0 spiro atoms. The lowest BCUT2D eigenvalue weighted by Crippen LogP contribution is -2.41. The molecule has 2 aromatic heterocycles. The number of nitrogens with zero attached hydrogens (tertiary/aromatic N) is 4. The van der Waals surface area contributed by atoms with Gasteiger partial charge in [-0.05, 0) is 72.4 Å². The summed E-state index contributed by atoms with van der Waals surface area (Å²) in [5.74, 6) is 1.41. The Morgan fingerprint density at radius 3 is 2.73 bits per heavy atom. The van der Waals surface area contributed by atoms with E-state index in [2.05, 4.69) is 26.0 Å². The third-order valence-corrected chi connectivity index (χ3v) is 6.67. The summed E-state index contributed by atoms with van der Waals surface area (Å²) in [4.78, 5) is 19.5. The molecule has 0 N–H and O–H groups in total. The van der Waals surface area contributed by atoms with Gasteiger partial charge in [0, 0.05) is 25.9 Å². The first-order valence-corrected chi connectivity index (χ1v) is 10.4. The van der Waals surface area contributed by atoms with Gasteiger partial charge in [-0.2, -0.15) is 5.10 Å². The molecule has 3 unspecified atom stereocenters. The molecule has 0 aromatic carbocycles. The minimum Gasteiger partial charge on any atom is -0.356 e. The van der Waals surface area contributed by atoms with Gasteiger partial charge in [-0.3, -0.25) is 9.78 Å². The topological polar surface area (TPSA) is 60.3 Å². The van der Waals surface area contributed by atoms with Crippen molar-refractivity contribution in [3.8, 4) is 0 Å². The second-order valence-electron chi connectivity index (χ2n) is 7.90. The number of rotatable bonds is 2. The summed E-state index contributed by atoms with van der Waals surface area (Å²) in [5, 5.41) is 5.53. The number of pyridine rings is 1. The minimum atomic E-state index is -0.0614. The van der Waals surface area contributed by atoms with Gasteiger partial charge in [0.2, 0.25) is 0 Å². The number of aromatic nitrogens is 3. The van der Waals surface area contributed by atoms with Crippen LogP contribution >= 0.6 is 15.9 Å². The predicted molar refractivity (Wildman–Crippen MR) is 101 cm³/mol. The normalized spacial score (nSPS) is 28.7. The number of fused-ring (bicyclic) bond motifs is 3. The maximum Gasteiger partial charge on any atom is 0.272 e. The fourth-order valence-electron chi connectivity index (χ4n) is 4.78. The number of piperidine rings is 1. The standard InChI is InChI=1S/C19H23BrN4O2/c20-18-14-9-21-15(19(25)23-10-12-4-5-13(7-12)11-23)8-16(14)24(22-18)17-3-1-2-6-26-17/h8-9,12-13,17H,1-7,10-11H2. The summed E-state index contributed by atoms with van der Waals surface area (Å²) in [7, 11) is 0. The highest BCUT2D eigenvalue weighted by Crippen LogP contribution is 2.37. The van der Waals surface area contributed by atoms with E-state index in [4.69, 9.17) is 4.74 Å². The van der Waals surface area contributed by atoms with Crippen LogP contribution in [0.25, 0.3) is 10.9 Å². The smallest absolute Gasteiger partial charge is 0.272 e. The molecule has 1 amide bonds. The van der Waals surface area contributed by atoms with Gasteiger partial charge in [-0.1, -0.05) is 0 Å². The van der Waals surface area contributed by atoms with Gasteiger partial charge in [-0.25, -0.2) is 4.68 Å². The van der Waals surface area contributed by atoms with Gasteiger partial charge in [0.25, 0.3) is 5.91 Å². The highest BCUT2D eigenvalue weighted by Gasteiger charge is 2.35. The van der Waals surface area contributed by atoms with E-state index in [1.807, 2.05) is 15.6 Å². The first kappa shape index (κ1) is 16.7. The lowest BCUT2D eigenvalue weighted by molar-refractivity contribution is -0.0368. The number of ether oxygens (including phenoxy) is 1. The van der Waals surface area contributed by atoms with Crippen molar-refractivity contribution in [2.45, 2.75) is 44.8 Å². The van der Waals surface area contributed by atoms with Crippen LogP contribution in [0.3, 0.4) is 0 Å². The lowest BCUT2D eigenvalue weighted by atomic mass is 9.98. The molecule has 4 heterocycles. The molecule has 138 valence electrons. The van der Waals surface area contributed by atoms with E-state index in [0.717, 1.165) is 54.5 Å². The summed E-state index contributed by atoms with van der Waals surface area (Å²) in [6.45, 7) is 2.52. The molecule has 2 bridgehead atoms. The number of amides is 1. The molecule has 0 radical (unpaired) electrons. The van der Waals surface area contributed by atoms with Gasteiger partial charge in [-0.15, -0.1) is 0 Å². The zero-order valence-electron chi connectivity index (χ0n) is 14.7. The highest BCUT2D eigenvalue weighted by molar-refractivity contribution is 9.10. The number of halogens is 1. The van der Waals surface area contributed by atoms with Gasteiger partial charge in [0.1, 0.15) is 10.3 Å². The van der Waals surface area contributed by atoms with Crippen molar-refractivity contribution < 1.29 is 9.53 Å². The summed E-state index contributed by atoms with van der Waals surface area (Å²) in [6, 6.07) is 1.89. The molecular formula is C19H23BrN4O2. The van der Waals surface area contributed by atoms with Gasteiger partial charge in [0.15, 0.2) is 6.23 Å². The van der Waals surface area contributed by atoms with Crippen LogP contribution in [0.5, 0.6) is 0 Å². The predicted octanol–water partition coefficient (Wildman–Crippen LogP) is 3.77. The summed E-state index contributed by atoms with van der Waals surface area (Å²) < 4.78 is 8.57. The van der Waals surface area contributed by atoms with Crippen LogP contribution in [0.15, 0.2) is 16.9 Å². The Bertz CT molecular complexity index is 833. The fourth-order valence-corrected chi connectivity index (χ4v) is 5.26. The molecule has 2 aromatic rings. The van der Waals surface area contributed by atoms with Crippen LogP contribution in [0.1, 0.15) is 55.2 Å². The second-order valence-corrected chi connectivity index (χ2v) is 8.65. The fraction of sp³-hybridized carbons (Fsp3) is 0.632. The van der Waals surface area contributed by atoms with Crippen LogP contribution in [0, 0.1) is 11.8 Å². The Kier molecular flexibility index (Phi) is 4.24. The van der Waals surface area contributed by atoms with Crippen molar-refractivity contribution in [2.75, 3.05) is 19.7 Å². The summed E-state index contributed by atoms with van der Waals surface area (Å²) >= 11 is 3.52. The summed E-state index contributed by atoms with van der Waals surface area (Å²) in [5.41, 5.74) is 1.44. The van der Waals surface area contributed by atoms with Crippen LogP contribution in [-0.2, 0) is 4.74 Å². The SMILES string of the molecule is O=C(c1cc2c(cn1)c(Br)nn2C1CCCCO1)N1CC2CCC(C2)C1. The van der Waals surface area contributed by atoms with Crippen LogP contribution in [0.2, 0.25) is 0 Å². The number of carbonyl (C=O) groups excluding carboxylic acids is 1. The number of carbonyl (C=O) groups is 1. The number of likely N-dealkylation sites (tertiary alicyclic amines) is 1. The molecular weight excluding hydrogens is 396 g/mol. The molecule has 2 saturated heterocycles. The lowest BCUT2D eigenvalue weighted by Gasteiger charge is -2.31. The van der Waals surface area contributed by atoms with Crippen molar-refractivity contribution >= 4 is 32.7 Å². The Morgan fingerprint density at radius 2 is 2.00 bits per heavy atom. The Balaban J connectivity index is 1.47. The van der Waals surface area contributed by atoms with Crippen molar-refractivity contribution in [1.29, 1.82) is 0 Å². The molecule has 5 rings (SSSR count). The zero-order chi connectivity index (χ0) is 17.7. The number of hydrogen-bond acceptors (Lipinski definition) is 4. The van der Waals surface area contributed by atoms with Gasteiger partial charge < -0.3 is 9.64 Å². The molecule has 26 heavy (non-hydrogen) atoms. The van der Waals surface area contributed by atoms with E-state index in [1.165, 1.54) is 19.3 Å². The zero-order valence-corrected chi connectivity index (χ0v) is 16.3. The second kappa shape index (κ2) is 6.60. The Morgan fingerprint density at radius 1 is 1.19 bits per heavy atom.